The number of methoxy groups -OCH3 is 1. The van der Waals surface area contributed by atoms with E-state index in [9.17, 15) is 10.2 Å². The highest BCUT2D eigenvalue weighted by Gasteiger charge is 2.27. The van der Waals surface area contributed by atoms with Crippen LogP contribution in [0.15, 0.2) is 16.6 Å². The van der Waals surface area contributed by atoms with Crippen molar-refractivity contribution in [3.63, 3.8) is 0 Å². The molecule has 1 saturated carbocycles. The molecule has 0 bridgehead atoms. The number of hydrogen-bond donors (Lipinski definition) is 3. The molecule has 0 atom stereocenters. The molecule has 1 aliphatic carbocycles. The first-order valence-corrected chi connectivity index (χ1v) is 8.32. The zero-order chi connectivity index (χ0) is 15.3. The van der Waals surface area contributed by atoms with Crippen LogP contribution in [-0.2, 0) is 6.54 Å². The van der Waals surface area contributed by atoms with Gasteiger partial charge in [0, 0.05) is 13.1 Å². The normalized spacial score (nSPS) is 18.2. The Morgan fingerprint density at radius 1 is 1.24 bits per heavy atom. The van der Waals surface area contributed by atoms with Crippen LogP contribution in [0.3, 0.4) is 0 Å². The fourth-order valence-electron chi connectivity index (χ4n) is 2.89. The Morgan fingerprint density at radius 2 is 1.90 bits per heavy atom. The lowest BCUT2D eigenvalue weighted by Gasteiger charge is -2.27. The zero-order valence-electron chi connectivity index (χ0n) is 12.5. The van der Waals surface area contributed by atoms with Gasteiger partial charge >= 0.3 is 0 Å². The molecule has 3 N–H and O–H groups in total. The van der Waals surface area contributed by atoms with Gasteiger partial charge in [0.15, 0.2) is 11.5 Å². The van der Waals surface area contributed by atoms with Gasteiger partial charge in [-0.15, -0.1) is 0 Å². The van der Waals surface area contributed by atoms with Crippen molar-refractivity contribution in [1.82, 2.24) is 5.32 Å². The van der Waals surface area contributed by atoms with Crippen molar-refractivity contribution in [3.05, 3.63) is 22.2 Å². The summed E-state index contributed by atoms with van der Waals surface area (Å²) in [6.45, 7) is 1.24. The molecule has 5 heteroatoms. The number of phenolic OH excluding ortho intramolecular Hbond substituents is 1. The van der Waals surface area contributed by atoms with Crippen molar-refractivity contribution in [2.24, 2.45) is 0 Å². The number of hydrogen-bond acceptors (Lipinski definition) is 4. The van der Waals surface area contributed by atoms with Crippen LogP contribution in [0.1, 0.15) is 44.1 Å². The van der Waals surface area contributed by atoms with Gasteiger partial charge in [0.25, 0.3) is 0 Å². The second-order valence-electron chi connectivity index (χ2n) is 5.87. The van der Waals surface area contributed by atoms with Crippen LogP contribution in [0.4, 0.5) is 0 Å². The molecule has 0 spiro atoms. The zero-order valence-corrected chi connectivity index (χ0v) is 14.1. The summed E-state index contributed by atoms with van der Waals surface area (Å²) in [5, 5.41) is 23.7. The molecule has 0 aromatic heterocycles. The van der Waals surface area contributed by atoms with E-state index in [4.69, 9.17) is 4.74 Å². The summed E-state index contributed by atoms with van der Waals surface area (Å²) in [6, 6.07) is 3.67. The van der Waals surface area contributed by atoms with Crippen molar-refractivity contribution in [1.29, 1.82) is 0 Å². The fraction of sp³-hybridized carbons (Fsp3) is 0.625. The monoisotopic (exact) mass is 357 g/mol. The third-order valence-corrected chi connectivity index (χ3v) is 4.73. The first-order chi connectivity index (χ1) is 10.0. The number of aromatic hydroxyl groups is 1. The molecule has 0 amide bonds. The van der Waals surface area contributed by atoms with E-state index in [1.165, 1.54) is 20.0 Å². The summed E-state index contributed by atoms with van der Waals surface area (Å²) in [6.07, 6.45) is 6.42. The summed E-state index contributed by atoms with van der Waals surface area (Å²) in [5.41, 5.74) is 0.433. The maximum absolute atomic E-state index is 10.6. The maximum atomic E-state index is 10.6. The minimum atomic E-state index is -0.575. The SMILES string of the molecule is COc1cc(CNCC2(O)CCCCCC2)cc(Br)c1O. The van der Waals surface area contributed by atoms with Crippen LogP contribution >= 0.6 is 15.9 Å². The molecule has 21 heavy (non-hydrogen) atoms. The lowest BCUT2D eigenvalue weighted by atomic mass is 9.94. The summed E-state index contributed by atoms with van der Waals surface area (Å²) in [7, 11) is 1.53. The molecule has 1 aromatic rings. The van der Waals surface area contributed by atoms with Crippen molar-refractivity contribution in [2.75, 3.05) is 13.7 Å². The van der Waals surface area contributed by atoms with Gasteiger partial charge in [-0.2, -0.15) is 0 Å². The molecule has 4 nitrogen and oxygen atoms in total. The third-order valence-electron chi connectivity index (χ3n) is 4.13. The van der Waals surface area contributed by atoms with Gasteiger partial charge in [-0.05, 0) is 46.5 Å². The number of aliphatic hydroxyl groups is 1. The minimum Gasteiger partial charge on any atom is -0.503 e. The molecule has 118 valence electrons. The first-order valence-electron chi connectivity index (χ1n) is 7.52. The van der Waals surface area contributed by atoms with E-state index >= 15 is 0 Å². The fourth-order valence-corrected chi connectivity index (χ4v) is 3.38. The Labute approximate surface area is 134 Å². The van der Waals surface area contributed by atoms with Crippen molar-refractivity contribution < 1.29 is 14.9 Å². The predicted octanol–water partition coefficient (Wildman–Crippen LogP) is 3.34. The summed E-state index contributed by atoms with van der Waals surface area (Å²) in [5.74, 6) is 0.568. The van der Waals surface area contributed by atoms with E-state index in [1.54, 1.807) is 0 Å². The number of ether oxygens (including phenoxy) is 1. The molecular formula is C16H24BrNO3. The lowest BCUT2D eigenvalue weighted by Crippen LogP contribution is -2.39. The third kappa shape index (κ3) is 4.59. The van der Waals surface area contributed by atoms with Crippen LogP contribution in [-0.4, -0.2) is 29.5 Å². The van der Waals surface area contributed by atoms with Crippen LogP contribution in [0.25, 0.3) is 0 Å². The number of benzene rings is 1. The Kier molecular flexibility index (Phi) is 5.90. The lowest BCUT2D eigenvalue weighted by molar-refractivity contribution is 0.0250. The summed E-state index contributed by atoms with van der Waals surface area (Å²) in [4.78, 5) is 0. The van der Waals surface area contributed by atoms with Gasteiger partial charge in [0.05, 0.1) is 17.2 Å². The van der Waals surface area contributed by atoms with E-state index in [2.05, 4.69) is 21.2 Å². The number of nitrogens with one attached hydrogen (secondary N) is 1. The smallest absolute Gasteiger partial charge is 0.172 e. The van der Waals surface area contributed by atoms with Gasteiger partial charge in [-0.3, -0.25) is 0 Å². The highest BCUT2D eigenvalue weighted by molar-refractivity contribution is 9.10. The van der Waals surface area contributed by atoms with E-state index in [-0.39, 0.29) is 5.75 Å². The summed E-state index contributed by atoms with van der Waals surface area (Å²) >= 11 is 3.32. The second-order valence-corrected chi connectivity index (χ2v) is 6.72. The van der Waals surface area contributed by atoms with Crippen molar-refractivity contribution in [3.8, 4) is 11.5 Å². The van der Waals surface area contributed by atoms with Gasteiger partial charge < -0.3 is 20.3 Å². The maximum Gasteiger partial charge on any atom is 0.172 e. The van der Waals surface area contributed by atoms with E-state index in [0.29, 0.717) is 23.3 Å². The number of halogens is 1. The molecule has 0 unspecified atom stereocenters. The van der Waals surface area contributed by atoms with Crippen molar-refractivity contribution in [2.45, 2.75) is 50.7 Å². The molecule has 1 aliphatic rings. The molecule has 0 saturated heterocycles. The molecule has 0 aliphatic heterocycles. The highest BCUT2D eigenvalue weighted by Crippen LogP contribution is 2.35. The molecule has 0 heterocycles. The van der Waals surface area contributed by atoms with Gasteiger partial charge in [0.1, 0.15) is 0 Å². The topological polar surface area (TPSA) is 61.7 Å². The standard InChI is InChI=1S/C16H24BrNO3/c1-21-14-9-12(8-13(17)15(14)19)10-18-11-16(20)6-4-2-3-5-7-16/h8-9,18-20H,2-7,10-11H2,1H3. The Bertz CT molecular complexity index is 471. The average Bonchev–Trinajstić information content (AvgIpc) is 2.67. The Morgan fingerprint density at radius 3 is 2.52 bits per heavy atom. The van der Waals surface area contributed by atoms with E-state index in [1.807, 2.05) is 12.1 Å². The average molecular weight is 358 g/mol. The van der Waals surface area contributed by atoms with Crippen LogP contribution in [0.2, 0.25) is 0 Å². The molecule has 1 aromatic carbocycles. The van der Waals surface area contributed by atoms with Crippen LogP contribution < -0.4 is 10.1 Å². The van der Waals surface area contributed by atoms with Gasteiger partial charge in [-0.25, -0.2) is 0 Å². The van der Waals surface area contributed by atoms with E-state index < -0.39 is 5.60 Å². The Hall–Kier alpha value is -0.780. The van der Waals surface area contributed by atoms with Crippen LogP contribution in [0, 0.1) is 0 Å². The minimum absolute atomic E-state index is 0.114. The molecule has 1 fully saturated rings. The Balaban J connectivity index is 1.92. The van der Waals surface area contributed by atoms with Gasteiger partial charge in [-0.1, -0.05) is 25.7 Å². The second kappa shape index (κ2) is 7.47. The molecular weight excluding hydrogens is 334 g/mol. The largest absolute Gasteiger partial charge is 0.503 e. The quantitative estimate of drug-likeness (QED) is 0.707. The predicted molar refractivity (Wildman–Crippen MR) is 86.7 cm³/mol. The number of phenols is 1. The first kappa shape index (κ1) is 16.6. The van der Waals surface area contributed by atoms with Crippen LogP contribution in [0.5, 0.6) is 11.5 Å². The molecule has 2 rings (SSSR count). The summed E-state index contributed by atoms with van der Waals surface area (Å²) < 4.78 is 5.76. The van der Waals surface area contributed by atoms with Crippen molar-refractivity contribution >= 4 is 15.9 Å². The van der Waals surface area contributed by atoms with E-state index in [0.717, 1.165) is 31.2 Å². The number of rotatable bonds is 5. The molecule has 0 radical (unpaired) electrons. The van der Waals surface area contributed by atoms with Gasteiger partial charge in [0.2, 0.25) is 0 Å². The highest BCUT2D eigenvalue weighted by atomic mass is 79.9.